The Labute approximate surface area is 88.7 Å². The summed E-state index contributed by atoms with van der Waals surface area (Å²) in [5.74, 6) is 1.40. The van der Waals surface area contributed by atoms with Gasteiger partial charge in [0, 0.05) is 17.1 Å². The molecule has 1 aromatic carbocycles. The number of benzene rings is 1. The molecule has 0 saturated heterocycles. The number of aromatic nitrogens is 1. The minimum Gasteiger partial charge on any atom is -0.493 e. The SMILES string of the molecule is [CH2]c1ccc2cc(OC)c(OC)cc2n1. The van der Waals surface area contributed by atoms with Crippen LogP contribution in [0.1, 0.15) is 5.69 Å². The molecule has 0 N–H and O–H groups in total. The van der Waals surface area contributed by atoms with Gasteiger partial charge in [-0.05, 0) is 19.1 Å². The van der Waals surface area contributed by atoms with Crippen LogP contribution >= 0.6 is 0 Å². The normalized spacial score (nSPS) is 10.3. The molecule has 0 bridgehead atoms. The van der Waals surface area contributed by atoms with E-state index in [1.54, 1.807) is 14.2 Å². The maximum atomic E-state index is 5.21. The molecule has 0 amide bonds. The Hall–Kier alpha value is -1.77. The van der Waals surface area contributed by atoms with Crippen molar-refractivity contribution >= 4 is 10.9 Å². The average molecular weight is 202 g/mol. The second-order valence-corrected chi connectivity index (χ2v) is 3.20. The van der Waals surface area contributed by atoms with Gasteiger partial charge in [-0.15, -0.1) is 0 Å². The second kappa shape index (κ2) is 3.77. The molecule has 1 heterocycles. The van der Waals surface area contributed by atoms with E-state index >= 15 is 0 Å². The quantitative estimate of drug-likeness (QED) is 0.749. The third-order valence-corrected chi connectivity index (χ3v) is 2.25. The van der Waals surface area contributed by atoms with Crippen LogP contribution in [0.2, 0.25) is 0 Å². The third-order valence-electron chi connectivity index (χ3n) is 2.25. The average Bonchev–Trinajstić information content (AvgIpc) is 2.27. The molecule has 3 heteroatoms. The molecule has 0 saturated carbocycles. The number of ether oxygens (including phenoxy) is 2. The molecule has 3 nitrogen and oxygen atoms in total. The molecule has 0 fully saturated rings. The Bertz CT molecular complexity index is 494. The smallest absolute Gasteiger partial charge is 0.162 e. The number of nitrogens with zero attached hydrogens (tertiary/aromatic N) is 1. The lowest BCUT2D eigenvalue weighted by molar-refractivity contribution is 0.356. The maximum Gasteiger partial charge on any atom is 0.162 e. The molecule has 15 heavy (non-hydrogen) atoms. The Morgan fingerprint density at radius 2 is 1.73 bits per heavy atom. The third kappa shape index (κ3) is 1.73. The lowest BCUT2D eigenvalue weighted by Crippen LogP contribution is -1.92. The first kappa shape index (κ1) is 9.77. The fourth-order valence-corrected chi connectivity index (χ4v) is 1.49. The van der Waals surface area contributed by atoms with Gasteiger partial charge < -0.3 is 9.47 Å². The first-order valence-corrected chi connectivity index (χ1v) is 4.59. The van der Waals surface area contributed by atoms with E-state index in [1.165, 1.54) is 0 Å². The van der Waals surface area contributed by atoms with Gasteiger partial charge in [0.05, 0.1) is 19.7 Å². The summed E-state index contributed by atoms with van der Waals surface area (Å²) in [4.78, 5) is 4.31. The van der Waals surface area contributed by atoms with Crippen molar-refractivity contribution in [1.29, 1.82) is 0 Å². The molecule has 0 aliphatic carbocycles. The molecule has 1 radical (unpaired) electrons. The first-order valence-electron chi connectivity index (χ1n) is 4.59. The van der Waals surface area contributed by atoms with Gasteiger partial charge in [-0.3, -0.25) is 4.98 Å². The molecule has 0 atom stereocenters. The Morgan fingerprint density at radius 1 is 1.07 bits per heavy atom. The van der Waals surface area contributed by atoms with Crippen LogP contribution in [0.15, 0.2) is 24.3 Å². The van der Waals surface area contributed by atoms with E-state index in [0.717, 1.165) is 16.6 Å². The van der Waals surface area contributed by atoms with E-state index in [9.17, 15) is 0 Å². The number of methoxy groups -OCH3 is 2. The van der Waals surface area contributed by atoms with Gasteiger partial charge >= 0.3 is 0 Å². The fourth-order valence-electron chi connectivity index (χ4n) is 1.49. The van der Waals surface area contributed by atoms with Crippen LogP contribution in [0.25, 0.3) is 10.9 Å². The molecule has 0 aliphatic rings. The summed E-state index contributed by atoms with van der Waals surface area (Å²) in [5, 5.41) is 1.01. The Kier molecular flexibility index (Phi) is 2.46. The number of hydrogen-bond donors (Lipinski definition) is 0. The van der Waals surface area contributed by atoms with Gasteiger partial charge in [0.15, 0.2) is 11.5 Å². The maximum absolute atomic E-state index is 5.21. The predicted octanol–water partition coefficient (Wildman–Crippen LogP) is 2.43. The van der Waals surface area contributed by atoms with Crippen LogP contribution in [0, 0.1) is 6.92 Å². The van der Waals surface area contributed by atoms with Crippen molar-refractivity contribution in [2.45, 2.75) is 0 Å². The second-order valence-electron chi connectivity index (χ2n) is 3.20. The van der Waals surface area contributed by atoms with Crippen LogP contribution < -0.4 is 9.47 Å². The van der Waals surface area contributed by atoms with Gasteiger partial charge in [-0.2, -0.15) is 0 Å². The van der Waals surface area contributed by atoms with Crippen LogP contribution in [0.5, 0.6) is 11.5 Å². The lowest BCUT2D eigenvalue weighted by atomic mass is 10.2. The van der Waals surface area contributed by atoms with Gasteiger partial charge in [-0.1, -0.05) is 6.07 Å². The highest BCUT2D eigenvalue weighted by Gasteiger charge is 2.06. The molecule has 0 aliphatic heterocycles. The molecular formula is C12H12NO2. The molecular weight excluding hydrogens is 190 g/mol. The summed E-state index contributed by atoms with van der Waals surface area (Å²) in [6.07, 6.45) is 0. The fraction of sp³-hybridized carbons (Fsp3) is 0.167. The summed E-state index contributed by atoms with van der Waals surface area (Å²) in [6, 6.07) is 7.59. The molecule has 1 aromatic heterocycles. The van der Waals surface area contributed by atoms with Crippen molar-refractivity contribution in [1.82, 2.24) is 4.98 Å². The number of fused-ring (bicyclic) bond motifs is 1. The topological polar surface area (TPSA) is 31.4 Å². The number of hydrogen-bond acceptors (Lipinski definition) is 3. The van der Waals surface area contributed by atoms with E-state index < -0.39 is 0 Å². The van der Waals surface area contributed by atoms with Crippen molar-refractivity contribution in [2.75, 3.05) is 14.2 Å². The number of pyridine rings is 1. The highest BCUT2D eigenvalue weighted by atomic mass is 16.5. The van der Waals surface area contributed by atoms with Crippen molar-refractivity contribution in [3.8, 4) is 11.5 Å². The molecule has 0 spiro atoms. The van der Waals surface area contributed by atoms with E-state index in [2.05, 4.69) is 11.9 Å². The first-order chi connectivity index (χ1) is 7.24. The summed E-state index contributed by atoms with van der Waals surface area (Å²) >= 11 is 0. The largest absolute Gasteiger partial charge is 0.493 e. The van der Waals surface area contributed by atoms with Crippen LogP contribution in [-0.4, -0.2) is 19.2 Å². The van der Waals surface area contributed by atoms with Crippen LogP contribution in [-0.2, 0) is 0 Å². The molecule has 2 aromatic rings. The zero-order chi connectivity index (χ0) is 10.8. The van der Waals surface area contributed by atoms with E-state index in [0.29, 0.717) is 11.5 Å². The summed E-state index contributed by atoms with van der Waals surface area (Å²) < 4.78 is 10.4. The van der Waals surface area contributed by atoms with E-state index in [4.69, 9.17) is 9.47 Å². The van der Waals surface area contributed by atoms with E-state index in [1.807, 2.05) is 24.3 Å². The predicted molar refractivity (Wildman–Crippen MR) is 59.3 cm³/mol. The number of rotatable bonds is 2. The minimum absolute atomic E-state index is 0.683. The highest BCUT2D eigenvalue weighted by molar-refractivity contribution is 5.82. The zero-order valence-electron chi connectivity index (χ0n) is 8.78. The van der Waals surface area contributed by atoms with Gasteiger partial charge in [0.1, 0.15) is 0 Å². The Morgan fingerprint density at radius 3 is 2.40 bits per heavy atom. The molecule has 77 valence electrons. The van der Waals surface area contributed by atoms with Crippen molar-refractivity contribution < 1.29 is 9.47 Å². The summed E-state index contributed by atoms with van der Waals surface area (Å²) in [7, 11) is 3.23. The van der Waals surface area contributed by atoms with Crippen LogP contribution in [0.3, 0.4) is 0 Å². The molecule has 2 rings (SSSR count). The highest BCUT2D eigenvalue weighted by Crippen LogP contribution is 2.31. The van der Waals surface area contributed by atoms with Crippen molar-refractivity contribution in [3.63, 3.8) is 0 Å². The van der Waals surface area contributed by atoms with Gasteiger partial charge in [-0.25, -0.2) is 0 Å². The van der Waals surface area contributed by atoms with Gasteiger partial charge in [0.2, 0.25) is 0 Å². The lowest BCUT2D eigenvalue weighted by Gasteiger charge is -2.08. The summed E-state index contributed by atoms with van der Waals surface area (Å²) in [5.41, 5.74) is 1.61. The monoisotopic (exact) mass is 202 g/mol. The van der Waals surface area contributed by atoms with E-state index in [-0.39, 0.29) is 0 Å². The minimum atomic E-state index is 0.683. The standard InChI is InChI=1S/C12H12NO2/c1-8-4-5-9-6-11(14-2)12(15-3)7-10(9)13-8/h4-7H,1H2,2-3H3. The van der Waals surface area contributed by atoms with Crippen molar-refractivity contribution in [3.05, 3.63) is 36.9 Å². The zero-order valence-corrected chi connectivity index (χ0v) is 8.78. The Balaban J connectivity index is 2.69. The molecule has 0 unspecified atom stereocenters. The van der Waals surface area contributed by atoms with Gasteiger partial charge in [0.25, 0.3) is 0 Å². The van der Waals surface area contributed by atoms with Crippen molar-refractivity contribution in [2.24, 2.45) is 0 Å². The summed E-state index contributed by atoms with van der Waals surface area (Å²) in [6.45, 7) is 3.79. The van der Waals surface area contributed by atoms with Crippen LogP contribution in [0.4, 0.5) is 0 Å².